The van der Waals surface area contributed by atoms with E-state index in [0.29, 0.717) is 12.5 Å². The minimum Gasteiger partial charge on any atom is -0.370 e. The monoisotopic (exact) mass is 295 g/mol. The molecule has 7 heteroatoms. The van der Waals surface area contributed by atoms with Crippen molar-refractivity contribution in [3.63, 3.8) is 0 Å². The molecule has 0 radical (unpaired) electrons. The second-order valence-corrected chi connectivity index (χ2v) is 5.59. The molecule has 0 aromatic heterocycles. The van der Waals surface area contributed by atoms with Gasteiger partial charge in [0, 0.05) is 13.1 Å². The topological polar surface area (TPSA) is 91.0 Å². The standard InChI is InChI=1S/C14H25N5O2/c1-3-18(4-2)12(15)16-9-10-19-11(20)14(17-13(19)21)7-5-6-8-14/h3-10H2,1-2H3,(H2,15,16)(H,17,21). The highest BCUT2D eigenvalue weighted by atomic mass is 16.2. The maximum atomic E-state index is 12.4. The van der Waals surface area contributed by atoms with E-state index in [0.717, 1.165) is 38.8 Å². The van der Waals surface area contributed by atoms with E-state index in [4.69, 9.17) is 5.73 Å². The zero-order valence-electron chi connectivity index (χ0n) is 12.9. The lowest BCUT2D eigenvalue weighted by atomic mass is 9.98. The fourth-order valence-corrected chi connectivity index (χ4v) is 3.11. The Labute approximate surface area is 125 Å². The van der Waals surface area contributed by atoms with Crippen molar-refractivity contribution in [3.8, 4) is 0 Å². The van der Waals surface area contributed by atoms with Gasteiger partial charge in [-0.1, -0.05) is 12.8 Å². The van der Waals surface area contributed by atoms with Gasteiger partial charge >= 0.3 is 6.03 Å². The van der Waals surface area contributed by atoms with E-state index in [1.54, 1.807) is 0 Å². The Morgan fingerprint density at radius 1 is 1.33 bits per heavy atom. The molecule has 0 unspecified atom stereocenters. The Morgan fingerprint density at radius 3 is 2.52 bits per heavy atom. The molecule has 0 bridgehead atoms. The molecule has 0 aromatic carbocycles. The van der Waals surface area contributed by atoms with Crippen LogP contribution in [0.25, 0.3) is 0 Å². The smallest absolute Gasteiger partial charge is 0.325 e. The quantitative estimate of drug-likeness (QED) is 0.439. The van der Waals surface area contributed by atoms with E-state index >= 15 is 0 Å². The Hall–Kier alpha value is -1.79. The number of carbonyl (C=O) groups excluding carboxylic acids is 2. The maximum Gasteiger partial charge on any atom is 0.325 e. The molecule has 21 heavy (non-hydrogen) atoms. The van der Waals surface area contributed by atoms with Crippen LogP contribution in [0.2, 0.25) is 0 Å². The van der Waals surface area contributed by atoms with Gasteiger partial charge in [-0.05, 0) is 26.7 Å². The first-order chi connectivity index (χ1) is 10.0. The van der Waals surface area contributed by atoms with E-state index < -0.39 is 5.54 Å². The summed E-state index contributed by atoms with van der Waals surface area (Å²) < 4.78 is 0. The summed E-state index contributed by atoms with van der Waals surface area (Å²) in [6.45, 7) is 6.22. The second kappa shape index (κ2) is 6.32. The number of amides is 3. The number of carbonyl (C=O) groups is 2. The summed E-state index contributed by atoms with van der Waals surface area (Å²) in [5.41, 5.74) is 5.25. The molecule has 1 aliphatic heterocycles. The number of imide groups is 1. The molecule has 2 aliphatic rings. The molecule has 1 spiro atoms. The molecule has 0 atom stereocenters. The molecule has 3 N–H and O–H groups in total. The van der Waals surface area contributed by atoms with Crippen molar-refractivity contribution in [2.24, 2.45) is 10.7 Å². The minimum absolute atomic E-state index is 0.0957. The van der Waals surface area contributed by atoms with Crippen LogP contribution >= 0.6 is 0 Å². The predicted octanol–water partition coefficient (Wildman–Crippen LogP) is 0.508. The van der Waals surface area contributed by atoms with Crippen molar-refractivity contribution in [1.29, 1.82) is 0 Å². The van der Waals surface area contributed by atoms with Gasteiger partial charge in [0.15, 0.2) is 5.96 Å². The van der Waals surface area contributed by atoms with Crippen LogP contribution < -0.4 is 11.1 Å². The Balaban J connectivity index is 1.93. The minimum atomic E-state index is -0.634. The number of rotatable bonds is 5. The number of hydrogen-bond acceptors (Lipinski definition) is 3. The molecule has 1 heterocycles. The zero-order valence-corrected chi connectivity index (χ0v) is 12.9. The number of guanidine groups is 1. The summed E-state index contributed by atoms with van der Waals surface area (Å²) in [7, 11) is 0. The van der Waals surface area contributed by atoms with Gasteiger partial charge < -0.3 is 16.0 Å². The van der Waals surface area contributed by atoms with Gasteiger partial charge in [-0.15, -0.1) is 0 Å². The summed E-state index contributed by atoms with van der Waals surface area (Å²) in [4.78, 5) is 31.9. The largest absolute Gasteiger partial charge is 0.370 e. The SMILES string of the molecule is CCN(CC)C(N)=NCCN1C(=O)NC2(CCCC2)C1=O. The summed E-state index contributed by atoms with van der Waals surface area (Å²) in [5.74, 6) is 0.365. The first kappa shape index (κ1) is 15.6. The fraction of sp³-hybridized carbons (Fsp3) is 0.786. The van der Waals surface area contributed by atoms with Crippen LogP contribution in [0.4, 0.5) is 4.79 Å². The molecule has 7 nitrogen and oxygen atoms in total. The molecule has 3 amide bonds. The average Bonchev–Trinajstić information content (AvgIpc) is 3.01. The third kappa shape index (κ3) is 2.96. The van der Waals surface area contributed by atoms with E-state index in [1.165, 1.54) is 4.90 Å². The van der Waals surface area contributed by atoms with Crippen molar-refractivity contribution in [2.75, 3.05) is 26.2 Å². The number of nitrogens with zero attached hydrogens (tertiary/aromatic N) is 3. The Kier molecular flexibility index (Phi) is 4.69. The first-order valence-corrected chi connectivity index (χ1v) is 7.73. The highest BCUT2D eigenvalue weighted by Gasteiger charge is 2.52. The van der Waals surface area contributed by atoms with Crippen LogP contribution in [0.15, 0.2) is 4.99 Å². The maximum absolute atomic E-state index is 12.4. The third-order valence-electron chi connectivity index (χ3n) is 4.39. The number of hydrogen-bond donors (Lipinski definition) is 2. The van der Waals surface area contributed by atoms with Crippen molar-refractivity contribution in [2.45, 2.75) is 45.1 Å². The van der Waals surface area contributed by atoms with E-state index in [9.17, 15) is 9.59 Å². The molecule has 1 saturated heterocycles. The Morgan fingerprint density at radius 2 is 1.95 bits per heavy atom. The van der Waals surface area contributed by atoms with Gasteiger partial charge in [-0.25, -0.2) is 4.79 Å². The highest BCUT2D eigenvalue weighted by molar-refractivity contribution is 6.07. The molecule has 2 fully saturated rings. The molecule has 2 rings (SSSR count). The van der Waals surface area contributed by atoms with Gasteiger partial charge in [0.2, 0.25) is 0 Å². The van der Waals surface area contributed by atoms with Crippen molar-refractivity contribution in [1.82, 2.24) is 15.1 Å². The molecular formula is C14H25N5O2. The average molecular weight is 295 g/mol. The molecule has 1 aliphatic carbocycles. The van der Waals surface area contributed by atoms with Crippen LogP contribution in [0, 0.1) is 0 Å². The fourth-order valence-electron chi connectivity index (χ4n) is 3.11. The van der Waals surface area contributed by atoms with Crippen molar-refractivity contribution >= 4 is 17.9 Å². The van der Waals surface area contributed by atoms with Gasteiger partial charge in [0.1, 0.15) is 5.54 Å². The van der Waals surface area contributed by atoms with Gasteiger partial charge in [0.25, 0.3) is 5.91 Å². The molecular weight excluding hydrogens is 270 g/mol. The van der Waals surface area contributed by atoms with E-state index in [1.807, 2.05) is 18.7 Å². The van der Waals surface area contributed by atoms with Crippen molar-refractivity contribution < 1.29 is 9.59 Å². The van der Waals surface area contributed by atoms with Crippen LogP contribution in [0.1, 0.15) is 39.5 Å². The number of nitrogens with one attached hydrogen (secondary N) is 1. The predicted molar refractivity (Wildman–Crippen MR) is 80.9 cm³/mol. The number of nitrogens with two attached hydrogens (primary N) is 1. The molecule has 1 saturated carbocycles. The lowest BCUT2D eigenvalue weighted by molar-refractivity contribution is -0.131. The lowest BCUT2D eigenvalue weighted by Gasteiger charge is -2.20. The van der Waals surface area contributed by atoms with Crippen LogP contribution in [-0.2, 0) is 4.79 Å². The highest BCUT2D eigenvalue weighted by Crippen LogP contribution is 2.34. The van der Waals surface area contributed by atoms with Gasteiger partial charge in [-0.2, -0.15) is 0 Å². The van der Waals surface area contributed by atoms with E-state index in [-0.39, 0.29) is 18.5 Å². The number of urea groups is 1. The normalized spacial score (nSPS) is 21.2. The van der Waals surface area contributed by atoms with Gasteiger partial charge in [-0.3, -0.25) is 14.7 Å². The van der Waals surface area contributed by atoms with E-state index in [2.05, 4.69) is 10.3 Å². The van der Waals surface area contributed by atoms with Crippen molar-refractivity contribution in [3.05, 3.63) is 0 Å². The Bertz CT molecular complexity index is 439. The lowest BCUT2D eigenvalue weighted by Crippen LogP contribution is -2.44. The summed E-state index contributed by atoms with van der Waals surface area (Å²) in [6, 6.07) is -0.293. The molecule has 0 aromatic rings. The van der Waals surface area contributed by atoms with Gasteiger partial charge in [0.05, 0.1) is 13.1 Å². The molecule has 118 valence electrons. The van der Waals surface area contributed by atoms with Crippen LogP contribution in [0.3, 0.4) is 0 Å². The second-order valence-electron chi connectivity index (χ2n) is 5.59. The number of aliphatic imine (C=N–C) groups is 1. The summed E-state index contributed by atoms with van der Waals surface area (Å²) >= 11 is 0. The first-order valence-electron chi connectivity index (χ1n) is 7.73. The summed E-state index contributed by atoms with van der Waals surface area (Å²) in [5, 5.41) is 2.86. The third-order valence-corrected chi connectivity index (χ3v) is 4.39. The zero-order chi connectivity index (χ0) is 15.5. The van der Waals surface area contributed by atoms with Crippen LogP contribution in [-0.4, -0.2) is 59.4 Å². The summed E-state index contributed by atoms with van der Waals surface area (Å²) in [6.07, 6.45) is 3.48. The van der Waals surface area contributed by atoms with Crippen LogP contribution in [0.5, 0.6) is 0 Å².